The molecule has 0 aliphatic carbocycles. The second-order valence-electron chi connectivity index (χ2n) is 7.15. The number of anilines is 1. The van der Waals surface area contributed by atoms with Crippen LogP contribution in [0.25, 0.3) is 0 Å². The Kier molecular flexibility index (Phi) is 5.43. The topological polar surface area (TPSA) is 163 Å². The molecule has 146 valence electrons. The lowest BCUT2D eigenvalue weighted by Crippen LogP contribution is -2.59. The molecule has 2 heterocycles. The Morgan fingerprint density at radius 1 is 1.50 bits per heavy atom. The van der Waals surface area contributed by atoms with Crippen molar-refractivity contribution in [2.24, 2.45) is 11.7 Å². The number of ether oxygens (including phenoxy) is 2. The molecule has 2 rings (SSSR count). The van der Waals surface area contributed by atoms with E-state index in [1.165, 1.54) is 26.1 Å². The van der Waals surface area contributed by atoms with Crippen molar-refractivity contribution in [3.63, 3.8) is 0 Å². The van der Waals surface area contributed by atoms with Gasteiger partial charge in [0.2, 0.25) is 0 Å². The zero-order chi connectivity index (χ0) is 19.9. The van der Waals surface area contributed by atoms with E-state index < -0.39 is 47.8 Å². The van der Waals surface area contributed by atoms with Crippen LogP contribution in [0.1, 0.15) is 33.9 Å². The molecule has 1 unspecified atom stereocenters. The summed E-state index contributed by atoms with van der Waals surface area (Å²) in [6.45, 7) is 5.73. The fraction of sp³-hybridized carbons (Fsp3) is 0.688. The van der Waals surface area contributed by atoms with E-state index in [-0.39, 0.29) is 11.7 Å². The van der Waals surface area contributed by atoms with Crippen LogP contribution in [0.15, 0.2) is 17.1 Å². The minimum absolute atomic E-state index is 0.0136. The number of carbonyl (C=O) groups is 1. The van der Waals surface area contributed by atoms with Crippen LogP contribution in [0.3, 0.4) is 0 Å². The van der Waals surface area contributed by atoms with Gasteiger partial charge in [-0.25, -0.2) is 4.79 Å². The lowest BCUT2D eigenvalue weighted by Gasteiger charge is -2.39. The fourth-order valence-corrected chi connectivity index (χ4v) is 2.87. The maximum Gasteiger partial charge on any atom is 0.351 e. The number of aromatic nitrogens is 2. The van der Waals surface area contributed by atoms with Crippen molar-refractivity contribution in [2.75, 3.05) is 12.3 Å². The van der Waals surface area contributed by atoms with E-state index in [0.717, 1.165) is 4.57 Å². The van der Waals surface area contributed by atoms with Gasteiger partial charge in [0.05, 0.1) is 6.61 Å². The molecular weight excluding hydrogens is 344 g/mol. The molecule has 0 bridgehead atoms. The van der Waals surface area contributed by atoms with Crippen molar-refractivity contribution in [3.05, 3.63) is 22.7 Å². The number of hydrogen-bond donors (Lipinski definition) is 4. The van der Waals surface area contributed by atoms with Gasteiger partial charge in [0.15, 0.2) is 11.8 Å². The highest BCUT2D eigenvalue weighted by Crippen LogP contribution is 2.47. The molecule has 1 aromatic rings. The molecule has 1 aromatic heterocycles. The molecular formula is C16H26N4O6. The van der Waals surface area contributed by atoms with Gasteiger partial charge in [0.1, 0.15) is 23.6 Å². The molecule has 26 heavy (non-hydrogen) atoms. The van der Waals surface area contributed by atoms with Gasteiger partial charge in [-0.15, -0.1) is 0 Å². The number of rotatable bonds is 5. The zero-order valence-electron chi connectivity index (χ0n) is 15.2. The average molecular weight is 370 g/mol. The first kappa shape index (κ1) is 20.3. The molecule has 0 spiro atoms. The van der Waals surface area contributed by atoms with Crippen molar-refractivity contribution < 1.29 is 24.5 Å². The third-order valence-electron chi connectivity index (χ3n) is 4.97. The van der Waals surface area contributed by atoms with E-state index in [9.17, 15) is 19.8 Å². The zero-order valence-corrected chi connectivity index (χ0v) is 15.2. The van der Waals surface area contributed by atoms with E-state index in [1.807, 2.05) is 0 Å². The van der Waals surface area contributed by atoms with Gasteiger partial charge in [0.25, 0.3) is 0 Å². The van der Waals surface area contributed by atoms with Crippen LogP contribution in [-0.2, 0) is 14.3 Å². The molecule has 10 nitrogen and oxygen atoms in total. The predicted octanol–water partition coefficient (Wildman–Crippen LogP) is -1.25. The smallest absolute Gasteiger partial charge is 0.351 e. The largest absolute Gasteiger partial charge is 0.452 e. The Morgan fingerprint density at radius 3 is 2.62 bits per heavy atom. The summed E-state index contributed by atoms with van der Waals surface area (Å²) in [5.41, 5.74) is 7.03. The van der Waals surface area contributed by atoms with Crippen molar-refractivity contribution in [2.45, 2.75) is 57.3 Å². The highest BCUT2D eigenvalue weighted by molar-refractivity contribution is 5.76. The van der Waals surface area contributed by atoms with Crippen LogP contribution in [0.2, 0.25) is 0 Å². The minimum Gasteiger partial charge on any atom is -0.452 e. The van der Waals surface area contributed by atoms with Crippen LogP contribution in [0, 0.1) is 5.92 Å². The standard InChI is InChI=1S/C16H26N4O6/c1-8(2)11(18)12(22)26-16(4)9(7-21)25-13(15(16,3)24)20-6-5-10(17)19-14(20)23/h5-6,8-9,11,13,21,24H,7,18H2,1-4H3,(H2,17,19,23)/t9-,11+,13-,15?,16-/m1/s1. The summed E-state index contributed by atoms with van der Waals surface area (Å²) < 4.78 is 12.2. The van der Waals surface area contributed by atoms with Gasteiger partial charge in [-0.1, -0.05) is 13.8 Å². The molecule has 6 N–H and O–H groups in total. The number of nitrogen functional groups attached to an aromatic ring is 1. The molecule has 5 atom stereocenters. The summed E-state index contributed by atoms with van der Waals surface area (Å²) >= 11 is 0. The Balaban J connectivity index is 2.43. The monoisotopic (exact) mass is 370 g/mol. The second kappa shape index (κ2) is 6.95. The van der Waals surface area contributed by atoms with Crippen molar-refractivity contribution in [3.8, 4) is 0 Å². The van der Waals surface area contributed by atoms with E-state index in [2.05, 4.69) is 4.98 Å². The third-order valence-corrected chi connectivity index (χ3v) is 4.97. The lowest BCUT2D eigenvalue weighted by atomic mass is 9.82. The highest BCUT2D eigenvalue weighted by atomic mass is 16.6. The predicted molar refractivity (Wildman–Crippen MR) is 91.8 cm³/mol. The van der Waals surface area contributed by atoms with E-state index in [0.29, 0.717) is 0 Å². The summed E-state index contributed by atoms with van der Waals surface area (Å²) in [5, 5.41) is 20.8. The normalized spacial score (nSPS) is 32.6. The number of nitrogens with zero attached hydrogens (tertiary/aromatic N) is 2. The van der Waals surface area contributed by atoms with E-state index in [4.69, 9.17) is 20.9 Å². The van der Waals surface area contributed by atoms with Gasteiger partial charge in [-0.2, -0.15) is 4.98 Å². The number of nitrogens with two attached hydrogens (primary N) is 2. The third kappa shape index (κ3) is 3.20. The molecule has 0 radical (unpaired) electrons. The average Bonchev–Trinajstić information content (AvgIpc) is 2.73. The van der Waals surface area contributed by atoms with Gasteiger partial charge in [0, 0.05) is 6.20 Å². The molecule has 0 saturated carbocycles. The molecule has 1 aliphatic heterocycles. The summed E-state index contributed by atoms with van der Waals surface area (Å²) in [6.07, 6.45) is -1.03. The quantitative estimate of drug-likeness (QED) is 0.464. The first-order valence-corrected chi connectivity index (χ1v) is 8.27. The lowest BCUT2D eigenvalue weighted by molar-refractivity contribution is -0.192. The van der Waals surface area contributed by atoms with Gasteiger partial charge in [-0.05, 0) is 25.8 Å². The van der Waals surface area contributed by atoms with Gasteiger partial charge >= 0.3 is 11.7 Å². The summed E-state index contributed by atoms with van der Waals surface area (Å²) in [4.78, 5) is 28.1. The Morgan fingerprint density at radius 2 is 2.12 bits per heavy atom. The van der Waals surface area contributed by atoms with Crippen molar-refractivity contribution in [1.82, 2.24) is 9.55 Å². The Hall–Kier alpha value is -2.01. The number of hydrogen-bond acceptors (Lipinski definition) is 9. The van der Waals surface area contributed by atoms with Crippen molar-refractivity contribution >= 4 is 11.8 Å². The number of carbonyl (C=O) groups excluding carboxylic acids is 1. The first-order chi connectivity index (χ1) is 12.0. The molecule has 1 aliphatic rings. The molecule has 10 heteroatoms. The number of esters is 1. The molecule has 1 fully saturated rings. The summed E-state index contributed by atoms with van der Waals surface area (Å²) in [6, 6.07) is 0.451. The fourth-order valence-electron chi connectivity index (χ4n) is 2.87. The van der Waals surface area contributed by atoms with Crippen LogP contribution in [-0.4, -0.2) is 55.7 Å². The minimum atomic E-state index is -1.87. The molecule has 0 amide bonds. The van der Waals surface area contributed by atoms with E-state index >= 15 is 0 Å². The Bertz CT molecular complexity index is 734. The van der Waals surface area contributed by atoms with Crippen molar-refractivity contribution in [1.29, 1.82) is 0 Å². The number of aliphatic hydroxyl groups excluding tert-OH is 1. The van der Waals surface area contributed by atoms with Crippen LogP contribution in [0.4, 0.5) is 5.82 Å². The maximum absolute atomic E-state index is 12.4. The van der Waals surface area contributed by atoms with Crippen LogP contribution >= 0.6 is 0 Å². The molecule has 0 aromatic carbocycles. The van der Waals surface area contributed by atoms with Crippen LogP contribution < -0.4 is 17.2 Å². The Labute approximate surface area is 150 Å². The first-order valence-electron chi connectivity index (χ1n) is 8.27. The summed E-state index contributed by atoms with van der Waals surface area (Å²) in [5.74, 6) is -0.918. The molecule has 1 saturated heterocycles. The SMILES string of the molecule is CC(C)[C@H](N)C(=O)O[C@]1(C)[C@@H](CO)O[C@@H](n2ccc(N)nc2=O)C1(C)O. The second-order valence-corrected chi connectivity index (χ2v) is 7.15. The van der Waals surface area contributed by atoms with Gasteiger partial charge in [-0.3, -0.25) is 9.36 Å². The van der Waals surface area contributed by atoms with Gasteiger partial charge < -0.3 is 31.2 Å². The van der Waals surface area contributed by atoms with E-state index in [1.54, 1.807) is 13.8 Å². The summed E-state index contributed by atoms with van der Waals surface area (Å²) in [7, 11) is 0. The van der Waals surface area contributed by atoms with Crippen LogP contribution in [0.5, 0.6) is 0 Å². The maximum atomic E-state index is 12.4. The highest BCUT2D eigenvalue weighted by Gasteiger charge is 2.65. The number of aliphatic hydroxyl groups is 2.